The molecule has 0 fully saturated rings. The molecule has 1 rings (SSSR count). The molecule has 3 nitrogen and oxygen atoms in total. The number of carboxylic acid groups (broad SMARTS) is 1. The first-order valence-corrected chi connectivity index (χ1v) is 4.54. The van der Waals surface area contributed by atoms with Crippen LogP contribution in [0.5, 0.6) is 0 Å². The largest absolute Gasteiger partial charge is 0.480 e. The van der Waals surface area contributed by atoms with Gasteiger partial charge in [0.15, 0.2) is 0 Å². The summed E-state index contributed by atoms with van der Waals surface area (Å²) in [5.41, 5.74) is 0. The lowest BCUT2D eigenvalue weighted by Crippen LogP contribution is -2.21. The smallest absolute Gasteiger partial charge is 0.317 e. The monoisotopic (exact) mass is 205 g/mol. The fraction of sp³-hybridized carbons (Fsp3) is 0.286. The first-order valence-electron chi connectivity index (χ1n) is 3.35. The van der Waals surface area contributed by atoms with Gasteiger partial charge in [-0.15, -0.1) is 11.3 Å². The van der Waals surface area contributed by atoms with Gasteiger partial charge < -0.3 is 10.4 Å². The van der Waals surface area contributed by atoms with Gasteiger partial charge in [0.2, 0.25) is 0 Å². The minimum Gasteiger partial charge on any atom is -0.480 e. The molecular weight excluding hydrogens is 198 g/mol. The van der Waals surface area contributed by atoms with Crippen LogP contribution in [0.4, 0.5) is 0 Å². The van der Waals surface area contributed by atoms with E-state index in [4.69, 9.17) is 16.7 Å². The summed E-state index contributed by atoms with van der Waals surface area (Å²) in [7, 11) is 0. The van der Waals surface area contributed by atoms with Gasteiger partial charge in [0.1, 0.15) is 0 Å². The third-order valence-corrected chi connectivity index (χ3v) is 2.44. The van der Waals surface area contributed by atoms with Crippen LogP contribution in [0.3, 0.4) is 0 Å². The Labute approximate surface area is 79.0 Å². The molecule has 1 aromatic heterocycles. The number of thiophene rings is 1. The molecule has 0 atom stereocenters. The molecule has 2 N–H and O–H groups in total. The van der Waals surface area contributed by atoms with Gasteiger partial charge in [-0.1, -0.05) is 11.6 Å². The fourth-order valence-electron chi connectivity index (χ4n) is 0.739. The first-order chi connectivity index (χ1) is 5.68. The highest BCUT2D eigenvalue weighted by molar-refractivity contribution is 7.16. The molecule has 0 spiro atoms. The maximum Gasteiger partial charge on any atom is 0.317 e. The minimum atomic E-state index is -0.849. The van der Waals surface area contributed by atoms with Crippen LogP contribution in [-0.4, -0.2) is 17.6 Å². The van der Waals surface area contributed by atoms with Crippen LogP contribution in [0.25, 0.3) is 0 Å². The van der Waals surface area contributed by atoms with Gasteiger partial charge in [0.25, 0.3) is 0 Å². The van der Waals surface area contributed by atoms with E-state index < -0.39 is 5.97 Å². The van der Waals surface area contributed by atoms with E-state index in [0.717, 1.165) is 9.21 Å². The highest BCUT2D eigenvalue weighted by Crippen LogP contribution is 2.20. The summed E-state index contributed by atoms with van der Waals surface area (Å²) in [4.78, 5) is 11.2. The van der Waals surface area contributed by atoms with Crippen molar-refractivity contribution in [2.75, 3.05) is 6.54 Å². The summed E-state index contributed by atoms with van der Waals surface area (Å²) >= 11 is 7.13. The van der Waals surface area contributed by atoms with Crippen molar-refractivity contribution in [2.45, 2.75) is 6.54 Å². The van der Waals surface area contributed by atoms with E-state index in [9.17, 15) is 4.79 Å². The molecule has 0 bridgehead atoms. The van der Waals surface area contributed by atoms with Crippen molar-refractivity contribution in [3.63, 3.8) is 0 Å². The summed E-state index contributed by atoms with van der Waals surface area (Å²) in [5.74, 6) is -0.849. The Morgan fingerprint density at radius 1 is 1.67 bits per heavy atom. The van der Waals surface area contributed by atoms with E-state index in [0.29, 0.717) is 6.54 Å². The molecule has 0 amide bonds. The number of nitrogens with one attached hydrogen (secondary N) is 1. The number of carboxylic acids is 1. The summed E-state index contributed by atoms with van der Waals surface area (Å²) in [6, 6.07) is 3.67. The molecule has 0 aliphatic carbocycles. The van der Waals surface area contributed by atoms with Crippen LogP contribution in [0.15, 0.2) is 12.1 Å². The minimum absolute atomic E-state index is 0.0183. The molecule has 1 aromatic rings. The van der Waals surface area contributed by atoms with E-state index in [1.807, 2.05) is 6.07 Å². The maximum absolute atomic E-state index is 10.1. The average molecular weight is 206 g/mol. The number of rotatable bonds is 4. The quantitative estimate of drug-likeness (QED) is 0.785. The number of halogens is 1. The summed E-state index contributed by atoms with van der Waals surface area (Å²) < 4.78 is 0.724. The van der Waals surface area contributed by atoms with Gasteiger partial charge >= 0.3 is 5.97 Å². The Morgan fingerprint density at radius 2 is 2.42 bits per heavy atom. The third-order valence-electron chi connectivity index (χ3n) is 1.20. The topological polar surface area (TPSA) is 49.3 Å². The predicted molar refractivity (Wildman–Crippen MR) is 48.7 cm³/mol. The Kier molecular flexibility index (Phi) is 3.52. The van der Waals surface area contributed by atoms with Gasteiger partial charge in [-0.05, 0) is 12.1 Å². The second-order valence-corrected chi connectivity index (χ2v) is 4.00. The summed E-state index contributed by atoms with van der Waals surface area (Å²) in [6.45, 7) is 0.541. The second kappa shape index (κ2) is 4.45. The molecule has 0 saturated carbocycles. The van der Waals surface area contributed by atoms with Gasteiger partial charge in [-0.25, -0.2) is 0 Å². The van der Waals surface area contributed by atoms with Crippen molar-refractivity contribution in [3.05, 3.63) is 21.3 Å². The molecular formula is C7H8ClNO2S. The summed E-state index contributed by atoms with van der Waals surface area (Å²) in [5, 5.41) is 11.1. The van der Waals surface area contributed by atoms with Gasteiger partial charge in [0, 0.05) is 11.4 Å². The molecule has 5 heteroatoms. The van der Waals surface area contributed by atoms with Crippen LogP contribution < -0.4 is 5.32 Å². The van der Waals surface area contributed by atoms with E-state index >= 15 is 0 Å². The lowest BCUT2D eigenvalue weighted by atomic mass is 10.4. The molecule has 0 unspecified atom stereocenters. The molecule has 66 valence electrons. The van der Waals surface area contributed by atoms with Crippen LogP contribution in [0, 0.1) is 0 Å². The zero-order valence-corrected chi connectivity index (χ0v) is 7.78. The van der Waals surface area contributed by atoms with Gasteiger partial charge in [-0.2, -0.15) is 0 Å². The van der Waals surface area contributed by atoms with Crippen molar-refractivity contribution < 1.29 is 9.90 Å². The van der Waals surface area contributed by atoms with Crippen LogP contribution in [-0.2, 0) is 11.3 Å². The standard InChI is InChI=1S/C7H8ClNO2S/c8-6-2-1-5(12-6)3-9-4-7(10)11/h1-2,9H,3-4H2,(H,10,11). The van der Waals surface area contributed by atoms with Crippen molar-refractivity contribution in [1.29, 1.82) is 0 Å². The predicted octanol–water partition coefficient (Wildman–Crippen LogP) is 1.58. The third kappa shape index (κ3) is 3.21. The molecule has 0 radical (unpaired) electrons. The number of hydrogen-bond acceptors (Lipinski definition) is 3. The highest BCUT2D eigenvalue weighted by atomic mass is 35.5. The number of aliphatic carboxylic acids is 1. The Hall–Kier alpha value is -0.580. The zero-order valence-electron chi connectivity index (χ0n) is 6.21. The molecule has 0 saturated heterocycles. The van der Waals surface area contributed by atoms with Crippen molar-refractivity contribution in [2.24, 2.45) is 0 Å². The molecule has 0 aromatic carbocycles. The van der Waals surface area contributed by atoms with Crippen molar-refractivity contribution >= 4 is 28.9 Å². The van der Waals surface area contributed by atoms with Gasteiger partial charge in [0.05, 0.1) is 10.9 Å². The first kappa shape index (κ1) is 9.51. The molecule has 12 heavy (non-hydrogen) atoms. The maximum atomic E-state index is 10.1. The lowest BCUT2D eigenvalue weighted by molar-refractivity contribution is -0.135. The van der Waals surface area contributed by atoms with Crippen LogP contribution in [0.1, 0.15) is 4.88 Å². The van der Waals surface area contributed by atoms with Crippen molar-refractivity contribution in [3.8, 4) is 0 Å². The van der Waals surface area contributed by atoms with Crippen molar-refractivity contribution in [1.82, 2.24) is 5.32 Å². The van der Waals surface area contributed by atoms with E-state index in [2.05, 4.69) is 5.32 Å². The lowest BCUT2D eigenvalue weighted by Gasteiger charge is -1.96. The average Bonchev–Trinajstić information content (AvgIpc) is 2.35. The Bertz CT molecular complexity index is 274. The molecule has 0 aliphatic heterocycles. The normalized spacial score (nSPS) is 10.1. The SMILES string of the molecule is O=C(O)CNCc1ccc(Cl)s1. The molecule has 0 aliphatic rings. The second-order valence-electron chi connectivity index (χ2n) is 2.20. The fourth-order valence-corrected chi connectivity index (χ4v) is 1.80. The zero-order chi connectivity index (χ0) is 8.97. The number of carbonyl (C=O) groups is 1. The highest BCUT2D eigenvalue weighted by Gasteiger charge is 1.98. The van der Waals surface area contributed by atoms with E-state index in [-0.39, 0.29) is 6.54 Å². The van der Waals surface area contributed by atoms with E-state index in [1.54, 1.807) is 6.07 Å². The number of hydrogen-bond donors (Lipinski definition) is 2. The summed E-state index contributed by atoms with van der Waals surface area (Å²) in [6.07, 6.45) is 0. The Balaban J connectivity index is 2.29. The van der Waals surface area contributed by atoms with E-state index in [1.165, 1.54) is 11.3 Å². The van der Waals surface area contributed by atoms with Crippen LogP contribution in [0.2, 0.25) is 4.34 Å². The van der Waals surface area contributed by atoms with Crippen LogP contribution >= 0.6 is 22.9 Å². The Morgan fingerprint density at radius 3 is 2.92 bits per heavy atom. The molecule has 1 heterocycles. The van der Waals surface area contributed by atoms with Gasteiger partial charge in [-0.3, -0.25) is 4.79 Å².